The summed E-state index contributed by atoms with van der Waals surface area (Å²) < 4.78 is 46.4. The SMILES string of the molecule is CC(C)C(Cc1coc(Cc2ccccc2)c1)(C(=O)O)C(C=C(Cl)Cl)C(F)(F)F. The molecule has 0 aliphatic rings. The average Bonchev–Trinajstić information content (AvgIpc) is 3.04. The van der Waals surface area contributed by atoms with Crippen LogP contribution < -0.4 is 0 Å². The first kappa shape index (κ1) is 23.4. The van der Waals surface area contributed by atoms with Crippen molar-refractivity contribution in [3.05, 3.63) is 70.1 Å². The van der Waals surface area contributed by atoms with E-state index in [1.807, 2.05) is 30.3 Å². The van der Waals surface area contributed by atoms with Crippen molar-refractivity contribution >= 4 is 29.2 Å². The molecule has 2 rings (SSSR count). The highest BCUT2D eigenvalue weighted by molar-refractivity contribution is 6.55. The monoisotopic (exact) mass is 448 g/mol. The quantitative estimate of drug-likeness (QED) is 0.492. The highest BCUT2D eigenvalue weighted by Crippen LogP contribution is 2.49. The Bertz CT molecular complexity index is 856. The third-order valence-electron chi connectivity index (χ3n) is 5.05. The van der Waals surface area contributed by atoms with E-state index in [1.165, 1.54) is 20.1 Å². The van der Waals surface area contributed by atoms with Gasteiger partial charge in [0.2, 0.25) is 0 Å². The fourth-order valence-electron chi connectivity index (χ4n) is 3.54. The molecular formula is C21H21Cl2F3O3. The number of carbonyl (C=O) groups is 1. The van der Waals surface area contributed by atoms with Gasteiger partial charge in [-0.05, 0) is 35.6 Å². The van der Waals surface area contributed by atoms with Crippen molar-refractivity contribution in [2.75, 3.05) is 0 Å². The van der Waals surface area contributed by atoms with Gasteiger partial charge in [-0.15, -0.1) is 0 Å². The number of allylic oxidation sites excluding steroid dienone is 1. The molecular weight excluding hydrogens is 428 g/mol. The lowest BCUT2D eigenvalue weighted by atomic mass is 9.64. The number of halogens is 5. The molecule has 0 saturated carbocycles. The molecule has 2 atom stereocenters. The number of benzene rings is 1. The summed E-state index contributed by atoms with van der Waals surface area (Å²) >= 11 is 11.0. The van der Waals surface area contributed by atoms with Crippen molar-refractivity contribution in [1.82, 2.24) is 0 Å². The van der Waals surface area contributed by atoms with E-state index in [0.29, 0.717) is 23.8 Å². The lowest BCUT2D eigenvalue weighted by molar-refractivity contribution is -0.209. The maximum Gasteiger partial charge on any atom is 0.396 e. The molecule has 0 aliphatic carbocycles. The maximum atomic E-state index is 13.8. The summed E-state index contributed by atoms with van der Waals surface area (Å²) in [7, 11) is 0. The summed E-state index contributed by atoms with van der Waals surface area (Å²) in [6.07, 6.45) is -2.94. The Morgan fingerprint density at radius 3 is 2.28 bits per heavy atom. The van der Waals surface area contributed by atoms with Crippen molar-refractivity contribution in [3.63, 3.8) is 0 Å². The Kier molecular flexibility index (Phi) is 7.46. The van der Waals surface area contributed by atoms with Crippen LogP contribution in [0.2, 0.25) is 0 Å². The highest BCUT2D eigenvalue weighted by Gasteiger charge is 2.58. The second-order valence-corrected chi connectivity index (χ2v) is 8.24. The van der Waals surface area contributed by atoms with E-state index < -0.39 is 33.9 Å². The second kappa shape index (κ2) is 9.26. The minimum absolute atomic E-state index is 0.361. The van der Waals surface area contributed by atoms with Crippen LogP contribution in [0.3, 0.4) is 0 Å². The van der Waals surface area contributed by atoms with Crippen LogP contribution >= 0.6 is 23.2 Å². The van der Waals surface area contributed by atoms with Crippen LogP contribution in [0.4, 0.5) is 13.2 Å². The fourth-order valence-corrected chi connectivity index (χ4v) is 3.79. The van der Waals surface area contributed by atoms with Crippen LogP contribution in [-0.4, -0.2) is 17.3 Å². The van der Waals surface area contributed by atoms with E-state index in [1.54, 1.807) is 6.07 Å². The van der Waals surface area contributed by atoms with Gasteiger partial charge in [-0.1, -0.05) is 67.4 Å². The van der Waals surface area contributed by atoms with Crippen LogP contribution in [0.1, 0.15) is 30.7 Å². The number of alkyl halides is 3. The van der Waals surface area contributed by atoms with Gasteiger partial charge in [0, 0.05) is 6.42 Å². The van der Waals surface area contributed by atoms with Crippen molar-refractivity contribution < 1.29 is 27.5 Å². The summed E-state index contributed by atoms with van der Waals surface area (Å²) in [5.74, 6) is -4.29. The smallest absolute Gasteiger partial charge is 0.396 e. The first-order valence-electron chi connectivity index (χ1n) is 8.90. The van der Waals surface area contributed by atoms with E-state index in [0.717, 1.165) is 5.56 Å². The van der Waals surface area contributed by atoms with Crippen molar-refractivity contribution in [3.8, 4) is 0 Å². The maximum absolute atomic E-state index is 13.8. The number of hydrogen-bond donors (Lipinski definition) is 1. The number of hydrogen-bond acceptors (Lipinski definition) is 2. The predicted molar refractivity (Wildman–Crippen MR) is 106 cm³/mol. The van der Waals surface area contributed by atoms with E-state index in [-0.39, 0.29) is 6.42 Å². The van der Waals surface area contributed by atoms with Gasteiger partial charge in [-0.25, -0.2) is 0 Å². The molecule has 3 nitrogen and oxygen atoms in total. The predicted octanol–water partition coefficient (Wildman–Crippen LogP) is 6.64. The molecule has 0 spiro atoms. The normalized spacial score (nSPS) is 15.0. The van der Waals surface area contributed by atoms with E-state index >= 15 is 0 Å². The largest absolute Gasteiger partial charge is 0.481 e. The molecule has 0 amide bonds. The van der Waals surface area contributed by atoms with Crippen molar-refractivity contribution in [2.24, 2.45) is 17.3 Å². The number of rotatable bonds is 8. The number of aliphatic carboxylic acids is 1. The van der Waals surface area contributed by atoms with Crippen molar-refractivity contribution in [1.29, 1.82) is 0 Å². The first-order chi connectivity index (χ1) is 13.5. The Balaban J connectivity index is 2.44. The van der Waals surface area contributed by atoms with Gasteiger partial charge < -0.3 is 9.52 Å². The van der Waals surface area contributed by atoms with E-state index in [9.17, 15) is 23.1 Å². The van der Waals surface area contributed by atoms with Crippen LogP contribution in [0.25, 0.3) is 0 Å². The van der Waals surface area contributed by atoms with Gasteiger partial charge in [-0.2, -0.15) is 13.2 Å². The summed E-state index contributed by atoms with van der Waals surface area (Å²) in [6.45, 7) is 2.88. The second-order valence-electron chi connectivity index (χ2n) is 7.24. The average molecular weight is 449 g/mol. The van der Waals surface area contributed by atoms with Crippen LogP contribution in [0.5, 0.6) is 0 Å². The van der Waals surface area contributed by atoms with Gasteiger partial charge in [0.05, 0.1) is 17.6 Å². The molecule has 8 heteroatoms. The molecule has 2 aromatic rings. The van der Waals surface area contributed by atoms with Gasteiger partial charge >= 0.3 is 12.1 Å². The van der Waals surface area contributed by atoms with E-state index in [2.05, 4.69) is 0 Å². The topological polar surface area (TPSA) is 50.4 Å². The lowest BCUT2D eigenvalue weighted by Crippen LogP contribution is -2.50. The van der Waals surface area contributed by atoms with Gasteiger partial charge in [0.15, 0.2) is 0 Å². The van der Waals surface area contributed by atoms with Crippen molar-refractivity contribution in [2.45, 2.75) is 32.9 Å². The molecule has 0 fully saturated rings. The minimum Gasteiger partial charge on any atom is -0.481 e. The lowest BCUT2D eigenvalue weighted by Gasteiger charge is -2.39. The zero-order chi connectivity index (χ0) is 21.8. The molecule has 2 unspecified atom stereocenters. The Morgan fingerprint density at radius 1 is 1.17 bits per heavy atom. The third kappa shape index (κ3) is 5.58. The molecule has 0 radical (unpaired) electrons. The standard InChI is InChI=1S/C21H21Cl2F3O3/c1-13(2)20(19(27)28,17(10-18(22)23)21(24,25)26)11-15-9-16(29-12-15)8-14-6-4-3-5-7-14/h3-7,9-10,12-13,17H,8,11H2,1-2H3,(H,27,28). The number of furan rings is 1. The Hall–Kier alpha value is -1.92. The molecule has 158 valence electrons. The summed E-state index contributed by atoms with van der Waals surface area (Å²) in [6, 6.07) is 11.0. The van der Waals surface area contributed by atoms with Gasteiger partial charge in [-0.3, -0.25) is 4.79 Å². The van der Waals surface area contributed by atoms with E-state index in [4.69, 9.17) is 27.6 Å². The van der Waals surface area contributed by atoms with Gasteiger partial charge in [0.1, 0.15) is 10.3 Å². The summed E-state index contributed by atoms with van der Waals surface area (Å²) in [5, 5.41) is 9.90. The van der Waals surface area contributed by atoms with Crippen LogP contribution in [0.15, 0.2) is 57.6 Å². The summed E-state index contributed by atoms with van der Waals surface area (Å²) in [5.41, 5.74) is -0.881. The number of carboxylic acid groups (broad SMARTS) is 1. The minimum atomic E-state index is -4.85. The first-order valence-corrected chi connectivity index (χ1v) is 9.65. The zero-order valence-corrected chi connectivity index (χ0v) is 17.4. The Morgan fingerprint density at radius 2 is 1.79 bits per heavy atom. The molecule has 1 aromatic carbocycles. The molecule has 0 saturated heterocycles. The van der Waals surface area contributed by atoms with Crippen LogP contribution in [-0.2, 0) is 17.6 Å². The molecule has 0 bridgehead atoms. The van der Waals surface area contributed by atoms with Gasteiger partial charge in [0.25, 0.3) is 0 Å². The summed E-state index contributed by atoms with van der Waals surface area (Å²) in [4.78, 5) is 12.2. The van der Waals surface area contributed by atoms with Crippen LogP contribution in [0, 0.1) is 17.3 Å². The molecule has 1 aromatic heterocycles. The third-order valence-corrected chi connectivity index (χ3v) is 5.31. The number of carboxylic acids is 1. The molecule has 1 N–H and O–H groups in total. The molecule has 29 heavy (non-hydrogen) atoms. The zero-order valence-electron chi connectivity index (χ0n) is 15.8. The molecule has 0 aliphatic heterocycles. The Labute approximate surface area is 177 Å². The fraction of sp³-hybridized carbons (Fsp3) is 0.381. The molecule has 1 heterocycles. The highest BCUT2D eigenvalue weighted by atomic mass is 35.5.